The molecule has 1 saturated heterocycles. The minimum Gasteiger partial charge on any atom is -0.393 e. The number of carbonyl (C=O) groups is 1. The van der Waals surface area contributed by atoms with E-state index < -0.39 is 0 Å². The maximum absolute atomic E-state index is 12.2. The van der Waals surface area contributed by atoms with Crippen molar-refractivity contribution in [3.63, 3.8) is 0 Å². The number of aliphatic hydroxyl groups excluding tert-OH is 1. The van der Waals surface area contributed by atoms with E-state index in [2.05, 4.69) is 20.8 Å². The highest BCUT2D eigenvalue weighted by molar-refractivity contribution is 5.77. The van der Waals surface area contributed by atoms with Gasteiger partial charge >= 0.3 is 0 Å². The zero-order valence-corrected chi connectivity index (χ0v) is 11.7. The van der Waals surface area contributed by atoms with Gasteiger partial charge in [-0.2, -0.15) is 0 Å². The van der Waals surface area contributed by atoms with Gasteiger partial charge in [-0.05, 0) is 24.2 Å². The van der Waals surface area contributed by atoms with Crippen LogP contribution in [0.4, 0.5) is 0 Å². The molecule has 0 bridgehead atoms. The van der Waals surface area contributed by atoms with Crippen LogP contribution >= 0.6 is 0 Å². The van der Waals surface area contributed by atoms with Crippen molar-refractivity contribution < 1.29 is 9.90 Å². The summed E-state index contributed by atoms with van der Waals surface area (Å²) in [6.45, 7) is 7.73. The number of hydrogen-bond acceptors (Lipinski definition) is 3. The van der Waals surface area contributed by atoms with Gasteiger partial charge in [0.05, 0.1) is 6.10 Å². The van der Waals surface area contributed by atoms with E-state index in [0.29, 0.717) is 18.3 Å². The lowest BCUT2D eigenvalue weighted by atomic mass is 9.85. The normalized spacial score (nSPS) is 33.6. The van der Waals surface area contributed by atoms with Crippen molar-refractivity contribution in [1.82, 2.24) is 4.90 Å². The first-order chi connectivity index (χ1) is 8.29. The summed E-state index contributed by atoms with van der Waals surface area (Å²) in [4.78, 5) is 14.1. The minimum absolute atomic E-state index is 0.0369. The number of carbonyl (C=O) groups excluding carboxylic acids is 1. The highest BCUT2D eigenvalue weighted by Crippen LogP contribution is 2.38. The smallest absolute Gasteiger partial charge is 0.224 e. The fourth-order valence-electron chi connectivity index (χ4n) is 3.06. The van der Waals surface area contributed by atoms with Gasteiger partial charge in [0.25, 0.3) is 0 Å². The quantitative estimate of drug-likeness (QED) is 0.772. The molecule has 104 valence electrons. The van der Waals surface area contributed by atoms with Crippen LogP contribution in [0.1, 0.15) is 40.0 Å². The largest absolute Gasteiger partial charge is 0.393 e. The van der Waals surface area contributed by atoms with Crippen molar-refractivity contribution in [3.05, 3.63) is 0 Å². The molecule has 1 aliphatic heterocycles. The molecule has 1 amide bonds. The van der Waals surface area contributed by atoms with Crippen molar-refractivity contribution in [2.75, 3.05) is 13.1 Å². The monoisotopic (exact) mass is 254 g/mol. The zero-order chi connectivity index (χ0) is 13.5. The number of likely N-dealkylation sites (tertiary alicyclic amines) is 1. The molecule has 18 heavy (non-hydrogen) atoms. The molecule has 0 aromatic rings. The van der Waals surface area contributed by atoms with Gasteiger partial charge < -0.3 is 15.7 Å². The van der Waals surface area contributed by atoms with E-state index in [0.717, 1.165) is 25.9 Å². The van der Waals surface area contributed by atoms with E-state index in [4.69, 9.17) is 5.73 Å². The number of rotatable bonds is 2. The lowest BCUT2D eigenvalue weighted by Crippen LogP contribution is -2.41. The first-order valence-electron chi connectivity index (χ1n) is 7.00. The van der Waals surface area contributed by atoms with Crippen LogP contribution in [-0.4, -0.2) is 41.1 Å². The van der Waals surface area contributed by atoms with E-state index in [9.17, 15) is 9.90 Å². The maximum Gasteiger partial charge on any atom is 0.224 e. The van der Waals surface area contributed by atoms with Crippen LogP contribution < -0.4 is 5.73 Å². The molecule has 2 aliphatic rings. The Morgan fingerprint density at radius 1 is 1.39 bits per heavy atom. The molecule has 4 unspecified atom stereocenters. The number of hydrogen-bond donors (Lipinski definition) is 2. The predicted octanol–water partition coefficient (Wildman–Crippen LogP) is 0.979. The van der Waals surface area contributed by atoms with Crippen molar-refractivity contribution in [2.24, 2.45) is 23.0 Å². The number of aliphatic hydroxyl groups is 1. The van der Waals surface area contributed by atoms with Crippen molar-refractivity contribution in [2.45, 2.75) is 52.2 Å². The van der Waals surface area contributed by atoms with Gasteiger partial charge in [-0.1, -0.05) is 20.8 Å². The molecule has 4 nitrogen and oxygen atoms in total. The third-order valence-corrected chi connectivity index (χ3v) is 4.68. The Morgan fingerprint density at radius 2 is 2.06 bits per heavy atom. The molecule has 0 spiro atoms. The molecule has 0 radical (unpaired) electrons. The first-order valence-corrected chi connectivity index (χ1v) is 7.00. The van der Waals surface area contributed by atoms with Crippen LogP contribution in [0.25, 0.3) is 0 Å². The second-order valence-electron chi connectivity index (χ2n) is 7.04. The summed E-state index contributed by atoms with van der Waals surface area (Å²) < 4.78 is 0. The highest BCUT2D eigenvalue weighted by Gasteiger charge is 2.43. The van der Waals surface area contributed by atoms with E-state index in [1.54, 1.807) is 0 Å². The molecule has 4 atom stereocenters. The van der Waals surface area contributed by atoms with E-state index in [1.807, 2.05) is 4.90 Å². The van der Waals surface area contributed by atoms with Crippen LogP contribution in [-0.2, 0) is 4.79 Å². The standard InChI is InChI=1S/C14H26N2O2/c1-14(2,3)12(15)6-13(18)16-7-9-4-5-11(17)10(9)8-16/h9-12,17H,4-8,15H2,1-3H3. The summed E-state index contributed by atoms with van der Waals surface area (Å²) in [5.41, 5.74) is 6.03. The Hall–Kier alpha value is -0.610. The topological polar surface area (TPSA) is 66.6 Å². The molecule has 1 heterocycles. The molecule has 1 aliphatic carbocycles. The average Bonchev–Trinajstić information content (AvgIpc) is 2.80. The van der Waals surface area contributed by atoms with Crippen molar-refractivity contribution in [1.29, 1.82) is 0 Å². The van der Waals surface area contributed by atoms with Gasteiger partial charge in [-0.3, -0.25) is 4.79 Å². The van der Waals surface area contributed by atoms with E-state index in [1.165, 1.54) is 0 Å². The fourth-order valence-corrected chi connectivity index (χ4v) is 3.06. The Bertz CT molecular complexity index is 324. The summed E-state index contributed by atoms with van der Waals surface area (Å²) in [6.07, 6.45) is 2.17. The average molecular weight is 254 g/mol. The minimum atomic E-state index is -0.205. The highest BCUT2D eigenvalue weighted by atomic mass is 16.3. The Labute approximate surface area is 110 Å². The fraction of sp³-hybridized carbons (Fsp3) is 0.929. The summed E-state index contributed by atoms with van der Waals surface area (Å²) in [5, 5.41) is 9.85. The van der Waals surface area contributed by atoms with Gasteiger partial charge in [0.2, 0.25) is 5.91 Å². The zero-order valence-electron chi connectivity index (χ0n) is 11.7. The number of fused-ring (bicyclic) bond motifs is 1. The molecule has 1 saturated carbocycles. The molecule has 2 fully saturated rings. The Morgan fingerprint density at radius 3 is 2.61 bits per heavy atom. The van der Waals surface area contributed by atoms with Crippen molar-refractivity contribution >= 4 is 5.91 Å². The second-order valence-corrected chi connectivity index (χ2v) is 7.04. The second kappa shape index (κ2) is 4.82. The van der Waals surface area contributed by atoms with E-state index >= 15 is 0 Å². The Balaban J connectivity index is 1.89. The molecular weight excluding hydrogens is 228 g/mol. The van der Waals surface area contributed by atoms with Gasteiger partial charge in [0.15, 0.2) is 0 Å². The van der Waals surface area contributed by atoms with Gasteiger partial charge in [0, 0.05) is 31.5 Å². The lowest BCUT2D eigenvalue weighted by Gasteiger charge is -2.28. The first kappa shape index (κ1) is 13.8. The predicted molar refractivity (Wildman–Crippen MR) is 70.8 cm³/mol. The molecule has 0 aromatic heterocycles. The summed E-state index contributed by atoms with van der Waals surface area (Å²) in [7, 11) is 0. The van der Waals surface area contributed by atoms with Gasteiger partial charge in [-0.25, -0.2) is 0 Å². The molecule has 4 heteroatoms. The third kappa shape index (κ3) is 2.69. The van der Waals surface area contributed by atoms with E-state index in [-0.39, 0.29) is 23.5 Å². The summed E-state index contributed by atoms with van der Waals surface area (Å²) in [6, 6.07) is -0.102. The van der Waals surface area contributed by atoms with Crippen LogP contribution in [0, 0.1) is 17.3 Å². The van der Waals surface area contributed by atoms with Crippen LogP contribution in [0.2, 0.25) is 0 Å². The van der Waals surface area contributed by atoms with Crippen molar-refractivity contribution in [3.8, 4) is 0 Å². The molecule has 2 rings (SSSR count). The van der Waals surface area contributed by atoms with Gasteiger partial charge in [-0.15, -0.1) is 0 Å². The van der Waals surface area contributed by atoms with Crippen LogP contribution in [0.5, 0.6) is 0 Å². The SMILES string of the molecule is CC(C)(C)C(N)CC(=O)N1CC2CCC(O)C2C1. The Kier molecular flexibility index (Phi) is 3.70. The number of nitrogens with two attached hydrogens (primary N) is 1. The van der Waals surface area contributed by atoms with Crippen LogP contribution in [0.15, 0.2) is 0 Å². The maximum atomic E-state index is 12.2. The van der Waals surface area contributed by atoms with Gasteiger partial charge in [0.1, 0.15) is 0 Å². The molecule has 0 aromatic carbocycles. The summed E-state index contributed by atoms with van der Waals surface area (Å²) >= 11 is 0. The van der Waals surface area contributed by atoms with Crippen LogP contribution in [0.3, 0.4) is 0 Å². The summed E-state index contributed by atoms with van der Waals surface area (Å²) in [5.74, 6) is 0.966. The number of amides is 1. The molecule has 3 N–H and O–H groups in total. The molecular formula is C14H26N2O2. The third-order valence-electron chi connectivity index (χ3n) is 4.68. The lowest BCUT2D eigenvalue weighted by molar-refractivity contribution is -0.131. The number of nitrogens with zero attached hydrogens (tertiary/aromatic N) is 1.